The average molecular weight is 298 g/mol. The van der Waals surface area contributed by atoms with E-state index in [4.69, 9.17) is 5.73 Å². The van der Waals surface area contributed by atoms with E-state index in [0.717, 1.165) is 21.5 Å². The number of aryl methyl sites for hydroxylation is 2. The Balaban J connectivity index is 2.32. The molecule has 0 spiro atoms. The molecule has 2 N–H and O–H groups in total. The highest BCUT2D eigenvalue weighted by Gasteiger charge is 2.30. The van der Waals surface area contributed by atoms with Crippen LogP contribution in [0.2, 0.25) is 0 Å². The third kappa shape index (κ3) is 2.35. The second kappa shape index (κ2) is 4.74. The lowest BCUT2D eigenvalue weighted by Gasteiger charge is -2.17. The molecule has 0 aromatic carbocycles. The van der Waals surface area contributed by atoms with Gasteiger partial charge in [-0.3, -0.25) is 9.69 Å². The fraction of sp³-hybridized carbons (Fsp3) is 0.500. The van der Waals surface area contributed by atoms with Gasteiger partial charge in [-0.05, 0) is 53.9 Å². The molecule has 1 unspecified atom stereocenters. The van der Waals surface area contributed by atoms with Gasteiger partial charge < -0.3 is 5.73 Å². The highest BCUT2D eigenvalue weighted by Crippen LogP contribution is 2.27. The number of hydrogen-bond donors (Lipinski definition) is 1. The topological polar surface area (TPSA) is 59.2 Å². The molecule has 2 rings (SSSR count). The molecule has 92 valence electrons. The summed E-state index contributed by atoms with van der Waals surface area (Å²) < 4.78 is 1.00. The molecule has 17 heavy (non-hydrogen) atoms. The molecular weight excluding hydrogens is 282 g/mol. The molecule has 0 aliphatic carbocycles. The van der Waals surface area contributed by atoms with Crippen LogP contribution in [0.5, 0.6) is 0 Å². The zero-order chi connectivity index (χ0) is 12.6. The van der Waals surface area contributed by atoms with E-state index in [1.165, 1.54) is 0 Å². The first kappa shape index (κ1) is 12.5. The van der Waals surface area contributed by atoms with E-state index < -0.39 is 0 Å². The minimum atomic E-state index is 0.120. The SMILES string of the molecule is Cc1cc(N2CC(CN)CC2=O)nc(C)c1Br. The standard InChI is InChI=1S/C12H16BrN3O/c1-7-3-10(15-8(2)12(7)13)16-6-9(5-14)4-11(16)17/h3,9H,4-6,14H2,1-2H3. The number of carbonyl (C=O) groups excluding carboxylic acids is 1. The normalized spacial score (nSPS) is 20.1. The van der Waals surface area contributed by atoms with Gasteiger partial charge in [0.15, 0.2) is 0 Å². The van der Waals surface area contributed by atoms with Gasteiger partial charge in [0.2, 0.25) is 5.91 Å². The van der Waals surface area contributed by atoms with Crippen LogP contribution in [0, 0.1) is 19.8 Å². The van der Waals surface area contributed by atoms with E-state index in [1.807, 2.05) is 19.9 Å². The highest BCUT2D eigenvalue weighted by molar-refractivity contribution is 9.10. The first-order valence-electron chi connectivity index (χ1n) is 5.67. The largest absolute Gasteiger partial charge is 0.330 e. The van der Waals surface area contributed by atoms with Crippen molar-refractivity contribution in [2.45, 2.75) is 20.3 Å². The molecule has 4 nitrogen and oxygen atoms in total. The van der Waals surface area contributed by atoms with E-state index in [1.54, 1.807) is 4.90 Å². The molecule has 1 amide bonds. The smallest absolute Gasteiger partial charge is 0.228 e. The number of aromatic nitrogens is 1. The number of rotatable bonds is 2. The summed E-state index contributed by atoms with van der Waals surface area (Å²) >= 11 is 3.48. The maximum atomic E-state index is 11.9. The van der Waals surface area contributed by atoms with Crippen LogP contribution in [0.1, 0.15) is 17.7 Å². The maximum absolute atomic E-state index is 11.9. The van der Waals surface area contributed by atoms with Crippen molar-refractivity contribution in [1.82, 2.24) is 4.98 Å². The van der Waals surface area contributed by atoms with E-state index in [9.17, 15) is 4.79 Å². The predicted octanol–water partition coefficient (Wildman–Crippen LogP) is 1.77. The second-order valence-corrected chi connectivity index (χ2v) is 5.30. The summed E-state index contributed by atoms with van der Waals surface area (Å²) in [6.45, 7) is 5.17. The summed E-state index contributed by atoms with van der Waals surface area (Å²) in [6, 6.07) is 1.94. The second-order valence-electron chi connectivity index (χ2n) is 4.51. The first-order chi connectivity index (χ1) is 8.02. The third-order valence-electron chi connectivity index (χ3n) is 3.11. The van der Waals surface area contributed by atoms with Crippen molar-refractivity contribution in [2.75, 3.05) is 18.0 Å². The number of anilines is 1. The van der Waals surface area contributed by atoms with Gasteiger partial charge in [-0.2, -0.15) is 0 Å². The molecule has 5 heteroatoms. The zero-order valence-electron chi connectivity index (χ0n) is 10.0. The number of amides is 1. The highest BCUT2D eigenvalue weighted by atomic mass is 79.9. The molecule has 0 radical (unpaired) electrons. The molecular formula is C12H16BrN3O. The molecule has 0 saturated carbocycles. The fourth-order valence-electron chi connectivity index (χ4n) is 2.09. The number of halogens is 1. The quantitative estimate of drug-likeness (QED) is 0.905. The lowest BCUT2D eigenvalue weighted by atomic mass is 10.1. The van der Waals surface area contributed by atoms with Crippen LogP contribution in [0.15, 0.2) is 10.5 Å². The number of pyridine rings is 1. The minimum absolute atomic E-state index is 0.120. The van der Waals surface area contributed by atoms with Crippen molar-refractivity contribution < 1.29 is 4.79 Å². The fourth-order valence-corrected chi connectivity index (χ4v) is 2.30. The molecule has 1 aliphatic rings. The van der Waals surface area contributed by atoms with Crippen LogP contribution >= 0.6 is 15.9 Å². The van der Waals surface area contributed by atoms with Gasteiger partial charge in [0, 0.05) is 17.4 Å². The summed E-state index contributed by atoms with van der Waals surface area (Å²) in [6.07, 6.45) is 0.534. The van der Waals surface area contributed by atoms with Crippen molar-refractivity contribution in [1.29, 1.82) is 0 Å². The van der Waals surface area contributed by atoms with Crippen molar-refractivity contribution in [2.24, 2.45) is 11.7 Å². The van der Waals surface area contributed by atoms with Gasteiger partial charge in [0.1, 0.15) is 5.82 Å². The molecule has 2 heterocycles. The van der Waals surface area contributed by atoms with Crippen molar-refractivity contribution in [3.8, 4) is 0 Å². The van der Waals surface area contributed by atoms with Crippen LogP contribution in [0.25, 0.3) is 0 Å². The van der Waals surface area contributed by atoms with Crippen molar-refractivity contribution in [3.63, 3.8) is 0 Å². The van der Waals surface area contributed by atoms with Gasteiger partial charge in [0.25, 0.3) is 0 Å². The Bertz CT molecular complexity index is 438. The van der Waals surface area contributed by atoms with E-state index in [0.29, 0.717) is 19.5 Å². The van der Waals surface area contributed by atoms with Crippen molar-refractivity contribution in [3.05, 3.63) is 21.8 Å². The molecule has 1 atom stereocenters. The van der Waals surface area contributed by atoms with Gasteiger partial charge >= 0.3 is 0 Å². The Hall–Kier alpha value is -0.940. The van der Waals surface area contributed by atoms with Gasteiger partial charge in [0.05, 0.1) is 5.69 Å². The lowest BCUT2D eigenvalue weighted by Crippen LogP contribution is -2.27. The zero-order valence-corrected chi connectivity index (χ0v) is 11.6. The Kier molecular flexibility index (Phi) is 3.49. The van der Waals surface area contributed by atoms with E-state index in [-0.39, 0.29) is 11.8 Å². The lowest BCUT2D eigenvalue weighted by molar-refractivity contribution is -0.117. The van der Waals surface area contributed by atoms with Gasteiger partial charge in [-0.1, -0.05) is 0 Å². The minimum Gasteiger partial charge on any atom is -0.330 e. The Morgan fingerprint density at radius 1 is 1.59 bits per heavy atom. The predicted molar refractivity (Wildman–Crippen MR) is 70.9 cm³/mol. The summed E-state index contributed by atoms with van der Waals surface area (Å²) in [5.41, 5.74) is 7.61. The molecule has 1 aromatic rings. The number of nitrogens with zero attached hydrogens (tertiary/aromatic N) is 2. The van der Waals surface area contributed by atoms with Crippen LogP contribution in [-0.2, 0) is 4.79 Å². The van der Waals surface area contributed by atoms with Crippen LogP contribution in [0.4, 0.5) is 5.82 Å². The first-order valence-corrected chi connectivity index (χ1v) is 6.46. The van der Waals surface area contributed by atoms with E-state index >= 15 is 0 Å². The summed E-state index contributed by atoms with van der Waals surface area (Å²) in [4.78, 5) is 18.1. The molecule has 1 aliphatic heterocycles. The van der Waals surface area contributed by atoms with Gasteiger partial charge in [-0.15, -0.1) is 0 Å². The molecule has 1 aromatic heterocycles. The average Bonchev–Trinajstić information content (AvgIpc) is 2.67. The Morgan fingerprint density at radius 2 is 2.29 bits per heavy atom. The summed E-state index contributed by atoms with van der Waals surface area (Å²) in [5.74, 6) is 1.12. The summed E-state index contributed by atoms with van der Waals surface area (Å²) in [7, 11) is 0. The summed E-state index contributed by atoms with van der Waals surface area (Å²) in [5, 5.41) is 0. The van der Waals surface area contributed by atoms with E-state index in [2.05, 4.69) is 20.9 Å². The Morgan fingerprint density at radius 3 is 2.82 bits per heavy atom. The van der Waals surface area contributed by atoms with Crippen LogP contribution in [0.3, 0.4) is 0 Å². The Labute approximate surface area is 109 Å². The number of nitrogens with two attached hydrogens (primary N) is 1. The number of carbonyl (C=O) groups is 1. The maximum Gasteiger partial charge on any atom is 0.228 e. The third-order valence-corrected chi connectivity index (χ3v) is 4.31. The van der Waals surface area contributed by atoms with Crippen LogP contribution < -0.4 is 10.6 Å². The van der Waals surface area contributed by atoms with Crippen LogP contribution in [-0.4, -0.2) is 24.0 Å². The molecule has 1 saturated heterocycles. The molecule has 0 bridgehead atoms. The van der Waals surface area contributed by atoms with Crippen molar-refractivity contribution >= 4 is 27.7 Å². The number of hydrogen-bond acceptors (Lipinski definition) is 3. The van der Waals surface area contributed by atoms with Gasteiger partial charge in [-0.25, -0.2) is 4.98 Å². The molecule has 1 fully saturated rings. The monoisotopic (exact) mass is 297 g/mol.